The number of rotatable bonds is 8. The summed E-state index contributed by atoms with van der Waals surface area (Å²) in [7, 11) is -3.87. The molecule has 0 bridgehead atoms. The lowest BCUT2D eigenvalue weighted by atomic mass is 10.1. The molecule has 0 radical (unpaired) electrons. The summed E-state index contributed by atoms with van der Waals surface area (Å²) in [5, 5.41) is 10.1. The van der Waals surface area contributed by atoms with Crippen LogP contribution in [0.3, 0.4) is 0 Å². The molecule has 3 aromatic carbocycles. The average molecular weight is 569 g/mol. The van der Waals surface area contributed by atoms with Gasteiger partial charge in [-0.05, 0) is 67.6 Å². The Labute approximate surface area is 228 Å². The van der Waals surface area contributed by atoms with Crippen LogP contribution < -0.4 is 20.7 Å². The van der Waals surface area contributed by atoms with Crippen LogP contribution in [0.15, 0.2) is 88.4 Å². The number of carbonyl (C=O) groups excluding carboxylic acids is 4. The molecular formula is C26H21ClN4O7S. The third-order valence-electron chi connectivity index (χ3n) is 5.48. The standard InChI is InChI=1S/C26H21ClN4O7S/c1-2-38-26(35)16-6-4-8-19(14-16)31-24(33)21(27)22(25(31)34)29-18-7-3-5-15(13-18)23(32)30-17-9-11-20(12-10-17)39(28,36)37/h3-14,29H,2H2,1H3,(H,30,32)(H2,28,36,37). The minimum Gasteiger partial charge on any atom is -0.462 e. The number of nitrogens with zero attached hydrogens (tertiary/aromatic N) is 1. The van der Waals surface area contributed by atoms with Gasteiger partial charge in [-0.25, -0.2) is 23.3 Å². The summed E-state index contributed by atoms with van der Waals surface area (Å²) in [6.45, 7) is 1.82. The normalized spacial score (nSPS) is 13.5. The zero-order valence-electron chi connectivity index (χ0n) is 20.3. The van der Waals surface area contributed by atoms with E-state index in [0.717, 1.165) is 4.90 Å². The molecule has 200 valence electrons. The van der Waals surface area contributed by atoms with Gasteiger partial charge in [0.15, 0.2) is 0 Å². The van der Waals surface area contributed by atoms with Gasteiger partial charge < -0.3 is 15.4 Å². The molecule has 4 rings (SSSR count). The molecule has 0 unspecified atom stereocenters. The van der Waals surface area contributed by atoms with Gasteiger partial charge in [0.25, 0.3) is 17.7 Å². The molecule has 13 heteroatoms. The minimum atomic E-state index is -3.87. The van der Waals surface area contributed by atoms with Crippen LogP contribution in [0.2, 0.25) is 0 Å². The van der Waals surface area contributed by atoms with Crippen LogP contribution in [0.1, 0.15) is 27.6 Å². The van der Waals surface area contributed by atoms with Crippen LogP contribution in [-0.4, -0.2) is 38.7 Å². The van der Waals surface area contributed by atoms with Crippen molar-refractivity contribution in [3.8, 4) is 0 Å². The summed E-state index contributed by atoms with van der Waals surface area (Å²) in [5.74, 6) is -2.67. The number of hydrogen-bond acceptors (Lipinski definition) is 8. The number of sulfonamides is 1. The lowest BCUT2D eigenvalue weighted by Crippen LogP contribution is -2.32. The van der Waals surface area contributed by atoms with Crippen LogP contribution in [-0.2, 0) is 24.3 Å². The maximum atomic E-state index is 13.1. The van der Waals surface area contributed by atoms with E-state index >= 15 is 0 Å². The Kier molecular flexibility index (Phi) is 7.81. The maximum Gasteiger partial charge on any atom is 0.338 e. The Morgan fingerprint density at radius 2 is 1.59 bits per heavy atom. The number of amides is 3. The van der Waals surface area contributed by atoms with Crippen LogP contribution in [0, 0.1) is 0 Å². The van der Waals surface area contributed by atoms with E-state index in [-0.39, 0.29) is 39.0 Å². The summed E-state index contributed by atoms with van der Waals surface area (Å²) in [6, 6.07) is 17.2. The van der Waals surface area contributed by atoms with Crippen LogP contribution in [0.5, 0.6) is 0 Å². The second kappa shape index (κ2) is 11.1. The van der Waals surface area contributed by atoms with E-state index < -0.39 is 33.7 Å². The summed E-state index contributed by atoms with van der Waals surface area (Å²) >= 11 is 6.21. The predicted molar refractivity (Wildman–Crippen MR) is 144 cm³/mol. The molecule has 0 spiro atoms. The van der Waals surface area contributed by atoms with Gasteiger partial charge in [0.05, 0.1) is 22.8 Å². The van der Waals surface area contributed by atoms with E-state index in [0.29, 0.717) is 11.4 Å². The predicted octanol–water partition coefficient (Wildman–Crippen LogP) is 3.20. The van der Waals surface area contributed by atoms with E-state index in [2.05, 4.69) is 10.6 Å². The molecule has 0 saturated carbocycles. The number of nitrogens with one attached hydrogen (secondary N) is 2. The van der Waals surface area contributed by atoms with E-state index in [1.807, 2.05) is 0 Å². The molecule has 0 aromatic heterocycles. The number of imide groups is 1. The first-order valence-corrected chi connectivity index (χ1v) is 13.3. The highest BCUT2D eigenvalue weighted by Crippen LogP contribution is 2.31. The van der Waals surface area contributed by atoms with Crippen molar-refractivity contribution < 1.29 is 32.3 Å². The fourth-order valence-corrected chi connectivity index (χ4v) is 4.37. The monoisotopic (exact) mass is 568 g/mol. The van der Waals surface area contributed by atoms with Gasteiger partial charge in [0, 0.05) is 16.9 Å². The first kappa shape index (κ1) is 27.5. The lowest BCUT2D eigenvalue weighted by molar-refractivity contribution is -0.120. The molecule has 3 aromatic rings. The Bertz CT molecular complexity index is 1640. The highest BCUT2D eigenvalue weighted by atomic mass is 35.5. The van der Waals surface area contributed by atoms with Crippen LogP contribution in [0.25, 0.3) is 0 Å². The number of primary sulfonamides is 1. The highest BCUT2D eigenvalue weighted by molar-refractivity contribution is 7.89. The van der Waals surface area contributed by atoms with Gasteiger partial charge >= 0.3 is 5.97 Å². The molecule has 4 N–H and O–H groups in total. The van der Waals surface area contributed by atoms with Gasteiger partial charge in [0.2, 0.25) is 10.0 Å². The van der Waals surface area contributed by atoms with Crippen molar-refractivity contribution in [2.45, 2.75) is 11.8 Å². The van der Waals surface area contributed by atoms with Crippen LogP contribution >= 0.6 is 11.6 Å². The van der Waals surface area contributed by atoms with E-state index in [1.165, 1.54) is 60.7 Å². The maximum absolute atomic E-state index is 13.1. The lowest BCUT2D eigenvalue weighted by Gasteiger charge is -2.16. The Hall–Kier alpha value is -4.52. The summed E-state index contributed by atoms with van der Waals surface area (Å²) in [5.41, 5.74) is 0.900. The number of halogens is 1. The van der Waals surface area contributed by atoms with E-state index in [1.54, 1.807) is 19.1 Å². The third-order valence-corrected chi connectivity index (χ3v) is 6.76. The van der Waals surface area contributed by atoms with Crippen molar-refractivity contribution in [2.75, 3.05) is 22.1 Å². The third kappa shape index (κ3) is 5.98. The summed E-state index contributed by atoms with van der Waals surface area (Å²) < 4.78 is 27.8. The molecule has 3 amide bonds. The highest BCUT2D eigenvalue weighted by Gasteiger charge is 2.39. The number of esters is 1. The van der Waals surface area contributed by atoms with Gasteiger partial charge in [-0.3, -0.25) is 14.4 Å². The summed E-state index contributed by atoms with van der Waals surface area (Å²) in [4.78, 5) is 51.5. The fourth-order valence-electron chi connectivity index (χ4n) is 3.65. The van der Waals surface area contributed by atoms with Crippen molar-refractivity contribution in [3.05, 3.63) is 94.7 Å². The first-order valence-electron chi connectivity index (χ1n) is 11.4. The number of nitrogens with two attached hydrogens (primary N) is 1. The molecular weight excluding hydrogens is 548 g/mol. The Balaban J connectivity index is 1.51. The van der Waals surface area contributed by atoms with Crippen molar-refractivity contribution >= 4 is 62.4 Å². The van der Waals surface area contributed by atoms with Crippen molar-refractivity contribution in [1.29, 1.82) is 0 Å². The molecule has 1 aliphatic heterocycles. The SMILES string of the molecule is CCOC(=O)c1cccc(N2C(=O)C(Cl)=C(Nc3cccc(C(=O)Nc4ccc(S(N)(=O)=O)cc4)c3)C2=O)c1. The topological polar surface area (TPSA) is 165 Å². The Morgan fingerprint density at radius 1 is 0.923 bits per heavy atom. The average Bonchev–Trinajstić information content (AvgIpc) is 3.11. The number of anilines is 3. The molecule has 0 atom stereocenters. The van der Waals surface area contributed by atoms with E-state index in [4.69, 9.17) is 21.5 Å². The van der Waals surface area contributed by atoms with Crippen molar-refractivity contribution in [1.82, 2.24) is 0 Å². The molecule has 1 aliphatic rings. The second-order valence-corrected chi connectivity index (χ2v) is 10.1. The zero-order valence-corrected chi connectivity index (χ0v) is 21.9. The molecule has 0 fully saturated rings. The quantitative estimate of drug-likeness (QED) is 0.275. The number of benzene rings is 3. The summed E-state index contributed by atoms with van der Waals surface area (Å²) in [6.07, 6.45) is 0. The van der Waals surface area contributed by atoms with Gasteiger partial charge in [-0.15, -0.1) is 0 Å². The van der Waals surface area contributed by atoms with Gasteiger partial charge in [0.1, 0.15) is 10.7 Å². The largest absolute Gasteiger partial charge is 0.462 e. The molecule has 39 heavy (non-hydrogen) atoms. The second-order valence-electron chi connectivity index (χ2n) is 8.13. The van der Waals surface area contributed by atoms with E-state index in [9.17, 15) is 27.6 Å². The molecule has 0 saturated heterocycles. The van der Waals surface area contributed by atoms with Crippen molar-refractivity contribution in [3.63, 3.8) is 0 Å². The fraction of sp³-hybridized carbons (Fsp3) is 0.0769. The number of hydrogen-bond donors (Lipinski definition) is 3. The molecule has 0 aliphatic carbocycles. The zero-order chi connectivity index (χ0) is 28.3. The minimum absolute atomic E-state index is 0.103. The smallest absolute Gasteiger partial charge is 0.338 e. The number of ether oxygens (including phenoxy) is 1. The molecule has 11 nitrogen and oxygen atoms in total. The Morgan fingerprint density at radius 3 is 2.26 bits per heavy atom. The van der Waals surface area contributed by atoms with Gasteiger partial charge in [-0.1, -0.05) is 23.7 Å². The first-order chi connectivity index (χ1) is 18.5. The van der Waals surface area contributed by atoms with Crippen molar-refractivity contribution in [2.24, 2.45) is 5.14 Å². The van der Waals surface area contributed by atoms with Crippen LogP contribution in [0.4, 0.5) is 17.1 Å². The number of carbonyl (C=O) groups is 4. The molecule has 1 heterocycles. The van der Waals surface area contributed by atoms with Gasteiger partial charge in [-0.2, -0.15) is 0 Å².